The van der Waals surface area contributed by atoms with Crippen LogP contribution in [-0.2, 0) is 4.79 Å². The van der Waals surface area contributed by atoms with E-state index in [-0.39, 0.29) is 18.1 Å². The Bertz CT molecular complexity index is 626. The van der Waals surface area contributed by atoms with Gasteiger partial charge in [0, 0.05) is 18.0 Å². The molecule has 2 rings (SSSR count). The van der Waals surface area contributed by atoms with E-state index in [0.29, 0.717) is 11.1 Å². The van der Waals surface area contributed by atoms with E-state index in [1.165, 1.54) is 36.7 Å². The van der Waals surface area contributed by atoms with E-state index in [1.807, 2.05) is 0 Å². The molecule has 0 aliphatic rings. The van der Waals surface area contributed by atoms with Gasteiger partial charge < -0.3 is 5.32 Å². The Labute approximate surface area is 122 Å². The molecule has 1 unspecified atom stereocenters. The van der Waals surface area contributed by atoms with Gasteiger partial charge in [0.1, 0.15) is 11.7 Å². The second-order valence-electron chi connectivity index (χ2n) is 4.58. The molecule has 0 saturated heterocycles. The molecule has 5 heteroatoms. The number of carbonyl (C=O) groups is 2. The Kier molecular flexibility index (Phi) is 4.90. The topological polar surface area (TPSA) is 59.1 Å². The maximum Gasteiger partial charge on any atom is 0.177 e. The number of likely N-dealkylation sites (N-methyl/N-ethyl adjacent to an activating group) is 1. The number of hydrogen-bond donors (Lipinski definition) is 1. The lowest BCUT2D eigenvalue weighted by atomic mass is 9.87. The van der Waals surface area contributed by atoms with Crippen LogP contribution in [-0.4, -0.2) is 30.1 Å². The molecule has 108 valence electrons. The lowest BCUT2D eigenvalue weighted by Gasteiger charge is -2.15. The average molecular weight is 286 g/mol. The normalized spacial score (nSPS) is 11.9. The maximum atomic E-state index is 13.0. The average Bonchev–Trinajstić information content (AvgIpc) is 2.49. The Morgan fingerprint density at radius 3 is 2.33 bits per heavy atom. The van der Waals surface area contributed by atoms with Crippen molar-refractivity contribution in [2.45, 2.75) is 5.92 Å². The number of Topliss-reactive ketones (excluding diaryl/α,β-unsaturated/α-hetero) is 2. The van der Waals surface area contributed by atoms with Gasteiger partial charge in [-0.2, -0.15) is 0 Å². The molecule has 2 aromatic rings. The Morgan fingerprint density at radius 1 is 1.14 bits per heavy atom. The fourth-order valence-electron chi connectivity index (χ4n) is 2.10. The van der Waals surface area contributed by atoms with Crippen molar-refractivity contribution in [3.05, 3.63) is 65.7 Å². The summed E-state index contributed by atoms with van der Waals surface area (Å²) in [6, 6.07) is 8.47. The van der Waals surface area contributed by atoms with Gasteiger partial charge in [-0.15, -0.1) is 0 Å². The summed E-state index contributed by atoms with van der Waals surface area (Å²) in [7, 11) is 1.64. The number of ketones is 2. The molecule has 0 bridgehead atoms. The van der Waals surface area contributed by atoms with Crippen LogP contribution in [0.4, 0.5) is 4.39 Å². The predicted octanol–water partition coefficient (Wildman–Crippen LogP) is 1.98. The van der Waals surface area contributed by atoms with Crippen LogP contribution in [0, 0.1) is 5.82 Å². The van der Waals surface area contributed by atoms with Crippen LogP contribution in [0.5, 0.6) is 0 Å². The molecule has 0 aliphatic heterocycles. The van der Waals surface area contributed by atoms with E-state index in [2.05, 4.69) is 10.3 Å². The highest BCUT2D eigenvalue weighted by Crippen LogP contribution is 2.22. The summed E-state index contributed by atoms with van der Waals surface area (Å²) in [5, 5.41) is 2.76. The molecule has 0 amide bonds. The SMILES string of the molecule is CNCC(=O)C(C(=O)c1ccc(F)cc1)c1ccncc1. The molecule has 1 atom stereocenters. The second-order valence-corrected chi connectivity index (χ2v) is 4.58. The third-order valence-electron chi connectivity index (χ3n) is 3.10. The summed E-state index contributed by atoms with van der Waals surface area (Å²) >= 11 is 0. The smallest absolute Gasteiger partial charge is 0.177 e. The van der Waals surface area contributed by atoms with Gasteiger partial charge in [-0.1, -0.05) is 0 Å². The number of carbonyl (C=O) groups excluding carboxylic acids is 2. The van der Waals surface area contributed by atoms with Crippen LogP contribution in [0.2, 0.25) is 0 Å². The van der Waals surface area contributed by atoms with Crippen molar-refractivity contribution in [2.24, 2.45) is 0 Å². The first-order chi connectivity index (χ1) is 10.1. The van der Waals surface area contributed by atoms with Crippen LogP contribution in [0.25, 0.3) is 0 Å². The number of halogens is 1. The second kappa shape index (κ2) is 6.85. The van der Waals surface area contributed by atoms with Gasteiger partial charge in [0.05, 0.1) is 6.54 Å². The standard InChI is InChI=1S/C16H15FN2O2/c1-18-10-14(20)15(11-6-8-19-9-7-11)16(21)12-2-4-13(17)5-3-12/h2-9,15,18H,10H2,1H3. The van der Waals surface area contributed by atoms with E-state index in [9.17, 15) is 14.0 Å². The van der Waals surface area contributed by atoms with Crippen LogP contribution >= 0.6 is 0 Å². The number of aromatic nitrogens is 1. The highest BCUT2D eigenvalue weighted by Gasteiger charge is 2.28. The van der Waals surface area contributed by atoms with Gasteiger partial charge >= 0.3 is 0 Å². The highest BCUT2D eigenvalue weighted by molar-refractivity contribution is 6.15. The van der Waals surface area contributed by atoms with Gasteiger partial charge in [-0.25, -0.2) is 4.39 Å². The fraction of sp³-hybridized carbons (Fsp3) is 0.188. The summed E-state index contributed by atoms with van der Waals surface area (Å²) in [5.74, 6) is -1.92. The zero-order valence-corrected chi connectivity index (χ0v) is 11.5. The minimum atomic E-state index is -0.911. The van der Waals surface area contributed by atoms with Gasteiger partial charge in [0.15, 0.2) is 11.6 Å². The first-order valence-electron chi connectivity index (χ1n) is 6.50. The van der Waals surface area contributed by atoms with Crippen molar-refractivity contribution < 1.29 is 14.0 Å². The molecule has 0 radical (unpaired) electrons. The van der Waals surface area contributed by atoms with Gasteiger partial charge in [0.25, 0.3) is 0 Å². The summed E-state index contributed by atoms with van der Waals surface area (Å²) < 4.78 is 13.0. The molecule has 0 aliphatic carbocycles. The van der Waals surface area contributed by atoms with Crippen molar-refractivity contribution in [1.82, 2.24) is 10.3 Å². The van der Waals surface area contributed by atoms with Crippen molar-refractivity contribution in [1.29, 1.82) is 0 Å². The largest absolute Gasteiger partial charge is 0.313 e. The van der Waals surface area contributed by atoms with Gasteiger partial charge in [-0.05, 0) is 49.0 Å². The molecule has 0 spiro atoms. The molecular formula is C16H15FN2O2. The Morgan fingerprint density at radius 2 is 1.76 bits per heavy atom. The van der Waals surface area contributed by atoms with Crippen LogP contribution in [0.15, 0.2) is 48.8 Å². The number of nitrogens with one attached hydrogen (secondary N) is 1. The van der Waals surface area contributed by atoms with Crippen molar-refractivity contribution >= 4 is 11.6 Å². The summed E-state index contributed by atoms with van der Waals surface area (Å²) in [6.07, 6.45) is 3.07. The van der Waals surface area contributed by atoms with Gasteiger partial charge in [-0.3, -0.25) is 14.6 Å². The molecule has 21 heavy (non-hydrogen) atoms. The molecule has 0 fully saturated rings. The zero-order chi connectivity index (χ0) is 15.2. The summed E-state index contributed by atoms with van der Waals surface area (Å²) in [5.41, 5.74) is 0.891. The molecule has 1 heterocycles. The monoisotopic (exact) mass is 286 g/mol. The number of hydrogen-bond acceptors (Lipinski definition) is 4. The third-order valence-corrected chi connectivity index (χ3v) is 3.10. The van der Waals surface area contributed by atoms with Crippen LogP contribution in [0.1, 0.15) is 21.8 Å². The molecule has 1 aromatic carbocycles. The zero-order valence-electron chi connectivity index (χ0n) is 11.5. The first-order valence-corrected chi connectivity index (χ1v) is 6.50. The summed E-state index contributed by atoms with van der Waals surface area (Å²) in [6.45, 7) is 0.0833. The number of pyridine rings is 1. The minimum Gasteiger partial charge on any atom is -0.313 e. The quantitative estimate of drug-likeness (QED) is 0.651. The number of benzene rings is 1. The lowest BCUT2D eigenvalue weighted by Crippen LogP contribution is -2.30. The van der Waals surface area contributed by atoms with E-state index >= 15 is 0 Å². The van der Waals surface area contributed by atoms with Crippen LogP contribution < -0.4 is 5.32 Å². The van der Waals surface area contributed by atoms with Crippen molar-refractivity contribution in [3.63, 3.8) is 0 Å². The number of rotatable bonds is 6. The third kappa shape index (κ3) is 3.58. The Hall–Kier alpha value is -2.40. The molecule has 1 N–H and O–H groups in total. The molecule has 0 saturated carbocycles. The summed E-state index contributed by atoms with van der Waals surface area (Å²) in [4.78, 5) is 28.7. The fourth-order valence-corrected chi connectivity index (χ4v) is 2.10. The molecular weight excluding hydrogens is 271 g/mol. The first kappa shape index (κ1) is 15.0. The van der Waals surface area contributed by atoms with Crippen molar-refractivity contribution in [3.8, 4) is 0 Å². The molecule has 1 aromatic heterocycles. The minimum absolute atomic E-state index is 0.0833. The van der Waals surface area contributed by atoms with Gasteiger partial charge in [0.2, 0.25) is 0 Å². The van der Waals surface area contributed by atoms with E-state index < -0.39 is 11.7 Å². The lowest BCUT2D eigenvalue weighted by molar-refractivity contribution is -0.118. The highest BCUT2D eigenvalue weighted by atomic mass is 19.1. The molecule has 4 nitrogen and oxygen atoms in total. The number of nitrogens with zero attached hydrogens (tertiary/aromatic N) is 1. The van der Waals surface area contributed by atoms with E-state index in [0.717, 1.165) is 0 Å². The predicted molar refractivity (Wildman–Crippen MR) is 76.6 cm³/mol. The maximum absolute atomic E-state index is 13.0. The van der Waals surface area contributed by atoms with E-state index in [4.69, 9.17) is 0 Å². The van der Waals surface area contributed by atoms with Crippen LogP contribution in [0.3, 0.4) is 0 Å². The Balaban J connectivity index is 2.37. The van der Waals surface area contributed by atoms with E-state index in [1.54, 1.807) is 19.2 Å². The van der Waals surface area contributed by atoms with Crippen molar-refractivity contribution in [2.75, 3.05) is 13.6 Å².